The predicted octanol–water partition coefficient (Wildman–Crippen LogP) is 1.94. The summed E-state index contributed by atoms with van der Waals surface area (Å²) in [5, 5.41) is 2.46. The first-order valence-electron chi connectivity index (χ1n) is 6.00. The van der Waals surface area contributed by atoms with E-state index < -0.39 is 5.97 Å². The lowest BCUT2D eigenvalue weighted by molar-refractivity contribution is -0.142. The molecule has 0 saturated heterocycles. The fraction of sp³-hybridized carbons (Fsp3) is 0.200. The number of nitrogens with one attached hydrogen (secondary N) is 1. The van der Waals surface area contributed by atoms with E-state index >= 15 is 0 Å². The van der Waals surface area contributed by atoms with Crippen LogP contribution in [-0.4, -0.2) is 25.0 Å². The first kappa shape index (κ1) is 14.7. The van der Waals surface area contributed by atoms with Gasteiger partial charge in [-0.15, -0.1) is 0 Å². The number of ether oxygens (including phenoxy) is 1. The van der Waals surface area contributed by atoms with Gasteiger partial charge in [0, 0.05) is 6.08 Å². The Hall–Kier alpha value is -2.36. The molecule has 1 amide bonds. The highest BCUT2D eigenvalue weighted by Crippen LogP contribution is 2.00. The minimum Gasteiger partial charge on any atom is -0.460 e. The van der Waals surface area contributed by atoms with Crippen LogP contribution in [0.25, 0.3) is 6.08 Å². The molecule has 100 valence electrons. The molecule has 0 aromatic heterocycles. The molecule has 1 N–H and O–H groups in total. The number of hydrogen-bond acceptors (Lipinski definition) is 3. The number of esters is 1. The Bertz CT molecular complexity index is 464. The van der Waals surface area contributed by atoms with Crippen LogP contribution in [0.5, 0.6) is 0 Å². The van der Waals surface area contributed by atoms with Gasteiger partial charge in [0.2, 0.25) is 5.91 Å². The molecule has 1 rings (SSSR count). The highest BCUT2D eigenvalue weighted by atomic mass is 16.5. The van der Waals surface area contributed by atoms with Crippen LogP contribution in [0.15, 0.2) is 48.6 Å². The monoisotopic (exact) mass is 259 g/mol. The Morgan fingerprint density at radius 2 is 2.00 bits per heavy atom. The molecule has 1 aromatic rings. The molecule has 0 aliphatic carbocycles. The van der Waals surface area contributed by atoms with Crippen molar-refractivity contribution in [1.29, 1.82) is 0 Å². The van der Waals surface area contributed by atoms with Crippen molar-refractivity contribution in [2.45, 2.75) is 6.92 Å². The number of amides is 1. The Morgan fingerprint density at radius 1 is 1.26 bits per heavy atom. The lowest BCUT2D eigenvalue weighted by Gasteiger charge is -2.02. The van der Waals surface area contributed by atoms with Crippen LogP contribution in [0.2, 0.25) is 0 Å². The van der Waals surface area contributed by atoms with Crippen molar-refractivity contribution in [3.05, 3.63) is 54.1 Å². The van der Waals surface area contributed by atoms with Crippen LogP contribution in [-0.2, 0) is 14.3 Å². The van der Waals surface area contributed by atoms with E-state index in [9.17, 15) is 9.59 Å². The highest BCUT2D eigenvalue weighted by molar-refractivity contribution is 5.93. The second kappa shape index (κ2) is 8.69. The second-order valence-electron chi connectivity index (χ2n) is 3.71. The SMILES string of the molecule is C/C=C/COC(=O)CNC(=O)/C=C/c1ccccc1. The Kier molecular flexibility index (Phi) is 6.72. The van der Waals surface area contributed by atoms with Crippen molar-refractivity contribution in [3.63, 3.8) is 0 Å². The molecule has 0 aliphatic rings. The largest absolute Gasteiger partial charge is 0.460 e. The van der Waals surface area contributed by atoms with Crippen LogP contribution in [0.4, 0.5) is 0 Å². The molecule has 0 unspecified atom stereocenters. The van der Waals surface area contributed by atoms with Gasteiger partial charge in [-0.1, -0.05) is 42.5 Å². The summed E-state index contributed by atoms with van der Waals surface area (Å²) >= 11 is 0. The zero-order valence-electron chi connectivity index (χ0n) is 10.8. The van der Waals surface area contributed by atoms with Gasteiger partial charge in [0.05, 0.1) is 0 Å². The van der Waals surface area contributed by atoms with Crippen molar-refractivity contribution in [1.82, 2.24) is 5.32 Å². The van der Waals surface area contributed by atoms with Crippen LogP contribution >= 0.6 is 0 Å². The van der Waals surface area contributed by atoms with Gasteiger partial charge in [0.25, 0.3) is 0 Å². The quantitative estimate of drug-likeness (QED) is 0.482. The average molecular weight is 259 g/mol. The first-order chi connectivity index (χ1) is 9.22. The van der Waals surface area contributed by atoms with Crippen molar-refractivity contribution >= 4 is 18.0 Å². The molecule has 0 saturated carbocycles. The van der Waals surface area contributed by atoms with E-state index in [2.05, 4.69) is 5.32 Å². The van der Waals surface area contributed by atoms with Gasteiger partial charge in [0.15, 0.2) is 0 Å². The summed E-state index contributed by atoms with van der Waals surface area (Å²) in [4.78, 5) is 22.6. The average Bonchev–Trinajstić information content (AvgIpc) is 2.44. The molecule has 0 heterocycles. The fourth-order valence-electron chi connectivity index (χ4n) is 1.24. The van der Waals surface area contributed by atoms with Gasteiger partial charge < -0.3 is 10.1 Å². The molecular formula is C15H17NO3. The third-order valence-corrected chi connectivity index (χ3v) is 2.21. The van der Waals surface area contributed by atoms with Gasteiger partial charge in [-0.3, -0.25) is 9.59 Å². The maximum absolute atomic E-state index is 11.4. The number of rotatable bonds is 6. The smallest absolute Gasteiger partial charge is 0.325 e. The first-order valence-corrected chi connectivity index (χ1v) is 6.00. The molecule has 4 heteroatoms. The summed E-state index contributed by atoms with van der Waals surface area (Å²) in [7, 11) is 0. The van der Waals surface area contributed by atoms with E-state index in [-0.39, 0.29) is 19.1 Å². The van der Waals surface area contributed by atoms with Gasteiger partial charge in [0.1, 0.15) is 13.2 Å². The van der Waals surface area contributed by atoms with E-state index in [0.29, 0.717) is 0 Å². The third kappa shape index (κ3) is 6.83. The van der Waals surface area contributed by atoms with Crippen molar-refractivity contribution < 1.29 is 14.3 Å². The third-order valence-electron chi connectivity index (χ3n) is 2.21. The molecule has 0 aliphatic heterocycles. The van der Waals surface area contributed by atoms with Gasteiger partial charge >= 0.3 is 5.97 Å². The highest BCUT2D eigenvalue weighted by Gasteiger charge is 2.02. The Morgan fingerprint density at radius 3 is 2.68 bits per heavy atom. The molecular weight excluding hydrogens is 242 g/mol. The van der Waals surface area contributed by atoms with E-state index in [0.717, 1.165) is 5.56 Å². The van der Waals surface area contributed by atoms with Crippen LogP contribution < -0.4 is 5.32 Å². The minimum absolute atomic E-state index is 0.129. The standard InChI is InChI=1S/C15H17NO3/c1-2-3-11-19-15(18)12-16-14(17)10-9-13-7-5-4-6-8-13/h2-10H,11-12H2,1H3,(H,16,17)/b3-2+,10-9+. The zero-order chi connectivity index (χ0) is 13.9. The van der Waals surface area contributed by atoms with Crippen LogP contribution in [0.1, 0.15) is 12.5 Å². The molecule has 0 fully saturated rings. The summed E-state index contributed by atoms with van der Waals surface area (Å²) in [6.45, 7) is 1.94. The predicted molar refractivity (Wildman–Crippen MR) is 74.3 cm³/mol. The molecule has 0 spiro atoms. The lowest BCUT2D eigenvalue weighted by Crippen LogP contribution is -2.29. The van der Waals surface area contributed by atoms with E-state index in [1.165, 1.54) is 6.08 Å². The molecule has 0 bridgehead atoms. The maximum Gasteiger partial charge on any atom is 0.325 e. The zero-order valence-corrected chi connectivity index (χ0v) is 10.8. The minimum atomic E-state index is -0.459. The van der Waals surface area contributed by atoms with Crippen molar-refractivity contribution in [2.75, 3.05) is 13.2 Å². The normalized spacial score (nSPS) is 10.8. The topological polar surface area (TPSA) is 55.4 Å². The second-order valence-corrected chi connectivity index (χ2v) is 3.71. The van der Waals surface area contributed by atoms with Gasteiger partial charge in [-0.25, -0.2) is 0 Å². The van der Waals surface area contributed by atoms with E-state index in [1.54, 1.807) is 18.2 Å². The van der Waals surface area contributed by atoms with Gasteiger partial charge in [-0.2, -0.15) is 0 Å². The van der Waals surface area contributed by atoms with E-state index in [1.807, 2.05) is 37.3 Å². The summed E-state index contributed by atoms with van der Waals surface area (Å²) in [6, 6.07) is 9.44. The Balaban J connectivity index is 2.28. The fourth-order valence-corrected chi connectivity index (χ4v) is 1.24. The maximum atomic E-state index is 11.4. The van der Waals surface area contributed by atoms with Crippen molar-refractivity contribution in [3.8, 4) is 0 Å². The summed E-state index contributed by atoms with van der Waals surface area (Å²) in [5.74, 6) is -0.786. The summed E-state index contributed by atoms with van der Waals surface area (Å²) in [5.41, 5.74) is 0.924. The molecule has 0 radical (unpaired) electrons. The van der Waals surface area contributed by atoms with Crippen LogP contribution in [0, 0.1) is 0 Å². The molecule has 1 aromatic carbocycles. The van der Waals surface area contributed by atoms with E-state index in [4.69, 9.17) is 4.74 Å². The summed E-state index contributed by atoms with van der Waals surface area (Å²) < 4.78 is 4.83. The number of carbonyl (C=O) groups excluding carboxylic acids is 2. The number of hydrogen-bond donors (Lipinski definition) is 1. The van der Waals surface area contributed by atoms with Gasteiger partial charge in [-0.05, 0) is 18.6 Å². The Labute approximate surface area is 112 Å². The molecule has 4 nitrogen and oxygen atoms in total. The number of allylic oxidation sites excluding steroid dienone is 1. The lowest BCUT2D eigenvalue weighted by atomic mass is 10.2. The van der Waals surface area contributed by atoms with Crippen LogP contribution in [0.3, 0.4) is 0 Å². The van der Waals surface area contributed by atoms with Crippen molar-refractivity contribution in [2.24, 2.45) is 0 Å². The number of benzene rings is 1. The summed E-state index contributed by atoms with van der Waals surface area (Å²) in [6.07, 6.45) is 6.57. The molecule has 19 heavy (non-hydrogen) atoms. The molecule has 0 atom stereocenters. The number of carbonyl (C=O) groups is 2.